The summed E-state index contributed by atoms with van der Waals surface area (Å²) in [5.41, 5.74) is 5.65. The molecule has 13 nitrogen and oxygen atoms in total. The van der Waals surface area contributed by atoms with Crippen LogP contribution in [0, 0.1) is 11.8 Å². The van der Waals surface area contributed by atoms with E-state index in [9.17, 15) is 34.2 Å². The van der Waals surface area contributed by atoms with Gasteiger partial charge in [0.25, 0.3) is 0 Å². The zero-order valence-electron chi connectivity index (χ0n) is 39.8. The molecule has 5 atom stereocenters. The predicted octanol–water partition coefficient (Wildman–Crippen LogP) is 9.47. The maximum absolute atomic E-state index is 13.4. The third-order valence-electron chi connectivity index (χ3n) is 12.6. The Hall–Kier alpha value is -7.35. The molecular formula is C57H60O13. The van der Waals surface area contributed by atoms with Crippen LogP contribution in [0.5, 0.6) is 5.75 Å². The van der Waals surface area contributed by atoms with Crippen molar-refractivity contribution < 1.29 is 62.6 Å². The van der Waals surface area contributed by atoms with Crippen molar-refractivity contribution in [3.8, 4) is 16.9 Å². The van der Waals surface area contributed by atoms with Gasteiger partial charge in [-0.15, -0.1) is 0 Å². The molecule has 0 bridgehead atoms. The average Bonchev–Trinajstić information content (AvgIpc) is 3.67. The first kappa shape index (κ1) is 52.0. The highest BCUT2D eigenvalue weighted by molar-refractivity contribution is 5.87. The summed E-state index contributed by atoms with van der Waals surface area (Å²) in [4.78, 5) is 61.1. The van der Waals surface area contributed by atoms with Crippen LogP contribution in [0.15, 0.2) is 159 Å². The van der Waals surface area contributed by atoms with E-state index in [1.54, 1.807) is 12.2 Å². The van der Waals surface area contributed by atoms with Gasteiger partial charge in [0.1, 0.15) is 31.7 Å². The highest BCUT2D eigenvalue weighted by atomic mass is 16.6. The first-order valence-electron chi connectivity index (χ1n) is 23.2. The lowest BCUT2D eigenvalue weighted by molar-refractivity contribution is -0.173. The Kier molecular flexibility index (Phi) is 17.7. The van der Waals surface area contributed by atoms with Crippen LogP contribution in [-0.2, 0) is 58.7 Å². The van der Waals surface area contributed by atoms with Crippen LogP contribution in [0.3, 0.4) is 0 Å². The molecule has 0 aliphatic heterocycles. The monoisotopic (exact) mass is 952 g/mol. The van der Waals surface area contributed by atoms with Crippen LogP contribution in [-0.4, -0.2) is 84.8 Å². The van der Waals surface area contributed by atoms with Crippen LogP contribution < -0.4 is 4.74 Å². The van der Waals surface area contributed by atoms with Gasteiger partial charge in [-0.25, -0.2) is 14.4 Å². The van der Waals surface area contributed by atoms with E-state index in [-0.39, 0.29) is 51.3 Å². The maximum atomic E-state index is 13.4. The van der Waals surface area contributed by atoms with E-state index in [2.05, 4.69) is 56.1 Å². The summed E-state index contributed by atoms with van der Waals surface area (Å²) in [6, 6.07) is 32.7. The van der Waals surface area contributed by atoms with Gasteiger partial charge in [-0.2, -0.15) is 0 Å². The molecule has 0 aromatic heterocycles. The number of ether oxygens (including phenoxy) is 6. The van der Waals surface area contributed by atoms with Crippen molar-refractivity contribution in [3.05, 3.63) is 187 Å². The number of carbonyl (C=O) groups excluding carboxylic acids is 3. The average molecular weight is 953 g/mol. The number of rotatable bonds is 25. The summed E-state index contributed by atoms with van der Waals surface area (Å²) < 4.78 is 35.3. The summed E-state index contributed by atoms with van der Waals surface area (Å²) in [5, 5.41) is 19.3. The number of aliphatic carboxylic acids is 2. The van der Waals surface area contributed by atoms with Gasteiger partial charge < -0.3 is 38.6 Å². The molecule has 0 radical (unpaired) electrons. The minimum Gasteiger partial charge on any atom is -0.491 e. The Morgan fingerprint density at radius 1 is 0.714 bits per heavy atom. The lowest BCUT2D eigenvalue weighted by Crippen LogP contribution is -2.38. The lowest BCUT2D eigenvalue weighted by atomic mass is 9.67. The van der Waals surface area contributed by atoms with Crippen LogP contribution in [0.25, 0.3) is 11.1 Å². The van der Waals surface area contributed by atoms with Crippen LogP contribution >= 0.6 is 0 Å². The van der Waals surface area contributed by atoms with Gasteiger partial charge in [0.15, 0.2) is 6.10 Å². The van der Waals surface area contributed by atoms with Crippen molar-refractivity contribution in [3.63, 3.8) is 0 Å². The Morgan fingerprint density at radius 2 is 1.26 bits per heavy atom. The van der Waals surface area contributed by atoms with Crippen LogP contribution in [0.1, 0.15) is 74.3 Å². The fourth-order valence-electron chi connectivity index (χ4n) is 8.99. The normalized spacial score (nSPS) is 17.1. The zero-order valence-corrected chi connectivity index (χ0v) is 39.8. The summed E-state index contributed by atoms with van der Waals surface area (Å²) in [5.74, 6) is -5.43. The van der Waals surface area contributed by atoms with Crippen molar-refractivity contribution in [2.45, 2.75) is 75.8 Å². The second-order valence-electron chi connectivity index (χ2n) is 17.6. The molecule has 0 saturated heterocycles. The molecule has 70 heavy (non-hydrogen) atoms. The van der Waals surface area contributed by atoms with Gasteiger partial charge in [0.05, 0.1) is 35.6 Å². The molecule has 0 spiro atoms. The van der Waals surface area contributed by atoms with Gasteiger partial charge in [-0.3, -0.25) is 9.59 Å². The zero-order chi connectivity index (χ0) is 50.4. The van der Waals surface area contributed by atoms with Crippen LogP contribution in [0.4, 0.5) is 0 Å². The maximum Gasteiger partial charge on any atom is 0.331 e. The molecule has 366 valence electrons. The number of carbonyl (C=O) groups is 5. The predicted molar refractivity (Wildman–Crippen MR) is 263 cm³/mol. The number of carboxylic acid groups (broad SMARTS) is 2. The fourth-order valence-corrected chi connectivity index (χ4v) is 8.99. The first-order valence-corrected chi connectivity index (χ1v) is 23.2. The Morgan fingerprint density at radius 3 is 1.80 bits per heavy atom. The molecule has 0 fully saturated rings. The number of allylic oxidation sites excluding steroid dienone is 4. The number of hydrogen-bond acceptors (Lipinski definition) is 11. The molecule has 2 aliphatic rings. The van der Waals surface area contributed by atoms with Gasteiger partial charge in [0, 0.05) is 17.7 Å². The molecule has 13 heteroatoms. The quantitative estimate of drug-likeness (QED) is 0.0186. The lowest BCUT2D eigenvalue weighted by Gasteiger charge is -2.35. The van der Waals surface area contributed by atoms with Crippen molar-refractivity contribution in [1.82, 2.24) is 0 Å². The minimum absolute atomic E-state index is 0.0327. The molecule has 4 aromatic rings. The fraction of sp³-hybridized carbons (Fsp3) is 0.316. The van der Waals surface area contributed by atoms with Gasteiger partial charge in [-0.05, 0) is 97.5 Å². The summed E-state index contributed by atoms with van der Waals surface area (Å²) in [7, 11) is 0. The third kappa shape index (κ3) is 12.3. The Bertz CT molecular complexity index is 2560. The van der Waals surface area contributed by atoms with Gasteiger partial charge in [-0.1, -0.05) is 129 Å². The highest BCUT2D eigenvalue weighted by Gasteiger charge is 2.46. The van der Waals surface area contributed by atoms with Crippen molar-refractivity contribution >= 4 is 29.8 Å². The molecule has 6 rings (SSSR count). The van der Waals surface area contributed by atoms with Crippen molar-refractivity contribution in [2.24, 2.45) is 11.8 Å². The third-order valence-corrected chi connectivity index (χ3v) is 12.6. The van der Waals surface area contributed by atoms with Crippen LogP contribution in [0.2, 0.25) is 0 Å². The number of esters is 3. The summed E-state index contributed by atoms with van der Waals surface area (Å²) >= 11 is 0. The van der Waals surface area contributed by atoms with E-state index < -0.39 is 71.0 Å². The van der Waals surface area contributed by atoms with Crippen molar-refractivity contribution in [1.29, 1.82) is 0 Å². The molecule has 4 aromatic carbocycles. The largest absolute Gasteiger partial charge is 0.491 e. The highest BCUT2D eigenvalue weighted by Crippen LogP contribution is 2.56. The molecule has 0 heterocycles. The second kappa shape index (κ2) is 23.8. The van der Waals surface area contributed by atoms with Crippen molar-refractivity contribution in [2.75, 3.05) is 26.4 Å². The molecule has 0 amide bonds. The SMILES string of the molecule is C=C/C=C(\CCC(C)OC(COC(=O)C=C)COc1ccc(C2(c3ccc(C(C)(C)OCC(COC(=O)C=C)OC(=O)C4CC=CCC4C(=O)O)cc3)c3ccccc3-c3ccccc32)cc1)C(=O)O. The number of carboxylic acids is 2. The van der Waals surface area contributed by atoms with Gasteiger partial charge in [0.2, 0.25) is 0 Å². The van der Waals surface area contributed by atoms with E-state index in [1.165, 1.54) is 12.2 Å². The second-order valence-corrected chi connectivity index (χ2v) is 17.6. The Labute approximate surface area is 408 Å². The van der Waals surface area contributed by atoms with E-state index in [0.717, 1.165) is 51.1 Å². The van der Waals surface area contributed by atoms with E-state index >= 15 is 0 Å². The topological polar surface area (TPSA) is 181 Å². The standard InChI is InChI=1S/C57H60O13/c1-7-16-38(53(60)61)24-23-37(4)69-43(34-66-51(58)8-2)33-65-42-31-29-41(30-32-42)57(49-21-14-12-17-45(49)46-18-13-15-22-50(46)57)40-27-25-39(26-28-40)56(5,6)68-36-44(35-67-52(59)9-3)70-55(64)48-20-11-10-19-47(48)54(62)63/h7-18,21-22,25-32,37,43-44,47-48H,1-3,19-20,23-24,33-36H2,4-6H3,(H,60,61)(H,62,63)/b38-16+. The molecule has 5 unspecified atom stereocenters. The van der Waals surface area contributed by atoms with E-state index in [1.807, 2.05) is 81.4 Å². The summed E-state index contributed by atoms with van der Waals surface area (Å²) in [6.45, 7) is 15.5. The molecular weight excluding hydrogens is 893 g/mol. The van der Waals surface area contributed by atoms with Gasteiger partial charge >= 0.3 is 29.8 Å². The molecule has 0 saturated carbocycles. The minimum atomic E-state index is -1.09. The van der Waals surface area contributed by atoms with E-state index in [4.69, 9.17) is 28.4 Å². The Balaban J connectivity index is 1.25. The molecule has 2 N–H and O–H groups in total. The smallest absolute Gasteiger partial charge is 0.331 e. The number of benzene rings is 4. The van der Waals surface area contributed by atoms with E-state index in [0.29, 0.717) is 12.2 Å². The number of fused-ring (bicyclic) bond motifs is 3. The summed E-state index contributed by atoms with van der Waals surface area (Å²) in [6.07, 6.45) is 7.41. The molecule has 2 aliphatic carbocycles. The number of hydrogen-bond donors (Lipinski definition) is 2. The first-order chi connectivity index (χ1) is 33.6.